The number of phenols is 6. The molecule has 0 saturated carbocycles. The smallest absolute Gasteiger partial charge is 0.219 e. The number of benzene rings is 3. The highest BCUT2D eigenvalue weighted by Gasteiger charge is 2.31. The van der Waals surface area contributed by atoms with Crippen molar-refractivity contribution in [3.8, 4) is 69.0 Å². The lowest BCUT2D eigenvalue weighted by molar-refractivity contribution is 0.298. The SMILES string of the molecule is Oc1cc(O)cc(Oc2cc(O)c(O)c3c2Oc2c(O)cc(O)cc2O3)c1. The van der Waals surface area contributed by atoms with E-state index in [1.807, 2.05) is 0 Å². The van der Waals surface area contributed by atoms with Crippen LogP contribution in [0.25, 0.3) is 0 Å². The highest BCUT2D eigenvalue weighted by atomic mass is 16.6. The Morgan fingerprint density at radius 1 is 0.593 bits per heavy atom. The molecule has 9 nitrogen and oxygen atoms in total. The van der Waals surface area contributed by atoms with Crippen LogP contribution in [0.4, 0.5) is 0 Å². The molecule has 0 unspecified atom stereocenters. The average molecular weight is 372 g/mol. The molecular weight excluding hydrogens is 360 g/mol. The minimum Gasteiger partial charge on any atom is -0.508 e. The summed E-state index contributed by atoms with van der Waals surface area (Å²) >= 11 is 0. The van der Waals surface area contributed by atoms with Crippen LogP contribution in [0.3, 0.4) is 0 Å². The molecule has 0 amide bonds. The molecule has 0 radical (unpaired) electrons. The van der Waals surface area contributed by atoms with Crippen LogP contribution in [0.5, 0.6) is 69.0 Å². The largest absolute Gasteiger partial charge is 0.508 e. The molecule has 0 aliphatic carbocycles. The summed E-state index contributed by atoms with van der Waals surface area (Å²) < 4.78 is 16.5. The van der Waals surface area contributed by atoms with Crippen molar-refractivity contribution in [2.24, 2.45) is 0 Å². The van der Waals surface area contributed by atoms with Crippen LogP contribution >= 0.6 is 0 Å². The van der Waals surface area contributed by atoms with Crippen molar-refractivity contribution in [3.05, 3.63) is 36.4 Å². The van der Waals surface area contributed by atoms with Gasteiger partial charge in [0.25, 0.3) is 0 Å². The van der Waals surface area contributed by atoms with Crippen molar-refractivity contribution in [1.29, 1.82) is 0 Å². The summed E-state index contributed by atoms with van der Waals surface area (Å²) in [6, 6.07) is 6.70. The van der Waals surface area contributed by atoms with Gasteiger partial charge in [-0.3, -0.25) is 0 Å². The molecule has 0 aromatic heterocycles. The Hall–Kier alpha value is -4.14. The quantitative estimate of drug-likeness (QED) is 0.290. The summed E-state index contributed by atoms with van der Waals surface area (Å²) in [4.78, 5) is 0. The van der Waals surface area contributed by atoms with E-state index in [0.717, 1.165) is 24.3 Å². The summed E-state index contributed by atoms with van der Waals surface area (Å²) in [5, 5.41) is 58.6. The fourth-order valence-corrected chi connectivity index (χ4v) is 2.58. The predicted octanol–water partition coefficient (Wildman–Crippen LogP) is 3.61. The molecule has 3 aromatic carbocycles. The number of fused-ring (bicyclic) bond motifs is 2. The Balaban J connectivity index is 1.83. The maximum absolute atomic E-state index is 10.1. The number of hydrogen-bond donors (Lipinski definition) is 6. The van der Waals surface area contributed by atoms with E-state index in [1.54, 1.807) is 0 Å². The number of phenolic OH excluding ortho intramolecular Hbond substituents is 6. The third-order valence-corrected chi connectivity index (χ3v) is 3.70. The lowest BCUT2D eigenvalue weighted by atomic mass is 10.2. The van der Waals surface area contributed by atoms with Gasteiger partial charge in [0.05, 0.1) is 0 Å². The first-order valence-corrected chi connectivity index (χ1v) is 7.53. The zero-order valence-corrected chi connectivity index (χ0v) is 13.4. The molecular formula is C18H12O9. The second-order valence-corrected chi connectivity index (χ2v) is 5.68. The van der Waals surface area contributed by atoms with Gasteiger partial charge in [0.15, 0.2) is 23.0 Å². The fourth-order valence-electron chi connectivity index (χ4n) is 2.58. The summed E-state index contributed by atoms with van der Waals surface area (Å²) in [5.74, 6) is -3.37. The number of hydrogen-bond acceptors (Lipinski definition) is 9. The van der Waals surface area contributed by atoms with E-state index < -0.39 is 17.2 Å². The first-order chi connectivity index (χ1) is 12.8. The lowest BCUT2D eigenvalue weighted by Gasteiger charge is -2.24. The third-order valence-electron chi connectivity index (χ3n) is 3.70. The molecule has 27 heavy (non-hydrogen) atoms. The molecule has 0 fully saturated rings. The van der Waals surface area contributed by atoms with Crippen molar-refractivity contribution in [3.63, 3.8) is 0 Å². The van der Waals surface area contributed by atoms with Crippen molar-refractivity contribution in [2.75, 3.05) is 0 Å². The molecule has 4 rings (SSSR count). The van der Waals surface area contributed by atoms with Gasteiger partial charge in [0, 0.05) is 36.4 Å². The van der Waals surface area contributed by atoms with E-state index >= 15 is 0 Å². The van der Waals surface area contributed by atoms with Gasteiger partial charge in [0.2, 0.25) is 23.0 Å². The van der Waals surface area contributed by atoms with E-state index in [1.165, 1.54) is 12.1 Å². The molecule has 0 atom stereocenters. The molecule has 138 valence electrons. The van der Waals surface area contributed by atoms with Crippen molar-refractivity contribution in [1.82, 2.24) is 0 Å². The summed E-state index contributed by atoms with van der Waals surface area (Å²) in [5.41, 5.74) is 0. The monoisotopic (exact) mass is 372 g/mol. The van der Waals surface area contributed by atoms with Crippen LogP contribution in [0.2, 0.25) is 0 Å². The maximum Gasteiger partial charge on any atom is 0.219 e. The molecule has 3 aromatic rings. The van der Waals surface area contributed by atoms with Crippen LogP contribution in [-0.2, 0) is 0 Å². The van der Waals surface area contributed by atoms with Gasteiger partial charge in [-0.05, 0) is 0 Å². The minimum atomic E-state index is -0.649. The van der Waals surface area contributed by atoms with Crippen molar-refractivity contribution < 1.29 is 44.8 Å². The van der Waals surface area contributed by atoms with Gasteiger partial charge in [-0.1, -0.05) is 0 Å². The van der Waals surface area contributed by atoms with Crippen LogP contribution < -0.4 is 14.2 Å². The van der Waals surface area contributed by atoms with Gasteiger partial charge in [-0.25, -0.2) is 0 Å². The summed E-state index contributed by atoms with van der Waals surface area (Å²) in [7, 11) is 0. The number of rotatable bonds is 2. The van der Waals surface area contributed by atoms with E-state index in [4.69, 9.17) is 14.2 Å². The summed E-state index contributed by atoms with van der Waals surface area (Å²) in [6.45, 7) is 0. The van der Waals surface area contributed by atoms with Crippen LogP contribution in [0, 0.1) is 0 Å². The molecule has 9 heteroatoms. The standard InChI is InChI=1S/C18H12O9/c19-7-1-8(20)3-10(2-7)25-14-6-11(22)15(24)18-17(14)27-16-12(23)4-9(21)5-13(16)26-18/h1-6,19-24H. The first kappa shape index (κ1) is 16.3. The third kappa shape index (κ3) is 2.76. The maximum atomic E-state index is 10.1. The molecule has 1 aliphatic rings. The Labute approximate surface area is 151 Å². The predicted molar refractivity (Wildman–Crippen MR) is 89.5 cm³/mol. The van der Waals surface area contributed by atoms with Gasteiger partial charge >= 0.3 is 0 Å². The highest BCUT2D eigenvalue weighted by Crippen LogP contribution is 2.59. The fraction of sp³-hybridized carbons (Fsp3) is 0. The Morgan fingerprint density at radius 2 is 1.26 bits per heavy atom. The van der Waals surface area contributed by atoms with Gasteiger partial charge in [0.1, 0.15) is 23.0 Å². The van der Waals surface area contributed by atoms with Crippen molar-refractivity contribution >= 4 is 0 Å². The molecule has 6 N–H and O–H groups in total. The van der Waals surface area contributed by atoms with E-state index in [0.29, 0.717) is 0 Å². The van der Waals surface area contributed by atoms with Crippen LogP contribution in [0.1, 0.15) is 0 Å². The Bertz CT molecular complexity index is 1050. The zero-order chi connectivity index (χ0) is 19.3. The van der Waals surface area contributed by atoms with Crippen LogP contribution in [-0.4, -0.2) is 30.6 Å². The van der Waals surface area contributed by atoms with E-state index in [9.17, 15) is 30.6 Å². The molecule has 0 spiro atoms. The zero-order valence-electron chi connectivity index (χ0n) is 13.4. The Morgan fingerprint density at radius 3 is 1.96 bits per heavy atom. The van der Waals surface area contributed by atoms with Crippen LogP contribution in [0.15, 0.2) is 36.4 Å². The second kappa shape index (κ2) is 5.70. The number of ether oxygens (including phenoxy) is 3. The lowest BCUT2D eigenvalue weighted by Crippen LogP contribution is -2.01. The van der Waals surface area contributed by atoms with E-state index in [2.05, 4.69) is 0 Å². The van der Waals surface area contributed by atoms with Gasteiger partial charge in [-0.2, -0.15) is 0 Å². The normalized spacial score (nSPS) is 11.7. The average Bonchev–Trinajstić information content (AvgIpc) is 2.57. The molecule has 0 bridgehead atoms. The van der Waals surface area contributed by atoms with Gasteiger partial charge < -0.3 is 44.8 Å². The number of aromatic hydroxyl groups is 6. The van der Waals surface area contributed by atoms with E-state index in [-0.39, 0.29) is 51.7 Å². The Kier molecular flexibility index (Phi) is 3.45. The molecule has 1 heterocycles. The second-order valence-electron chi connectivity index (χ2n) is 5.68. The van der Waals surface area contributed by atoms with Gasteiger partial charge in [-0.15, -0.1) is 0 Å². The van der Waals surface area contributed by atoms with Crippen molar-refractivity contribution in [2.45, 2.75) is 0 Å². The first-order valence-electron chi connectivity index (χ1n) is 7.53. The molecule has 0 saturated heterocycles. The minimum absolute atomic E-state index is 0.00381. The molecule has 1 aliphatic heterocycles. The highest BCUT2D eigenvalue weighted by molar-refractivity contribution is 5.71. The summed E-state index contributed by atoms with van der Waals surface area (Å²) in [6.07, 6.45) is 0. The topological polar surface area (TPSA) is 149 Å².